The van der Waals surface area contributed by atoms with E-state index < -0.39 is 0 Å². The van der Waals surface area contributed by atoms with Crippen molar-refractivity contribution in [2.24, 2.45) is 0 Å². The van der Waals surface area contributed by atoms with Crippen molar-refractivity contribution in [1.82, 2.24) is 14.9 Å². The second-order valence-corrected chi connectivity index (χ2v) is 6.66. The van der Waals surface area contributed by atoms with E-state index in [4.69, 9.17) is 11.6 Å². The van der Waals surface area contributed by atoms with Crippen LogP contribution in [0.1, 0.15) is 30.3 Å². The van der Waals surface area contributed by atoms with Gasteiger partial charge in [-0.15, -0.1) is 10.2 Å². The summed E-state index contributed by atoms with van der Waals surface area (Å²) >= 11 is 8.35. The van der Waals surface area contributed by atoms with Crippen LogP contribution < -0.4 is 5.43 Å². The normalized spacial score (nSPS) is 20.2. The lowest BCUT2D eigenvalue weighted by Gasteiger charge is -2.23. The number of nitrogens with one attached hydrogen (secondary N) is 1. The summed E-state index contributed by atoms with van der Waals surface area (Å²) in [5, 5.41) is 10.4. The zero-order valence-corrected chi connectivity index (χ0v) is 13.2. The Kier molecular flexibility index (Phi) is 3.19. The quantitative estimate of drug-likeness (QED) is 0.921. The molecule has 1 atom stereocenters. The van der Waals surface area contributed by atoms with E-state index >= 15 is 0 Å². The van der Waals surface area contributed by atoms with E-state index in [9.17, 15) is 0 Å². The van der Waals surface area contributed by atoms with Gasteiger partial charge in [0.1, 0.15) is 5.37 Å². The maximum Gasteiger partial charge on any atom is 0.212 e. The lowest BCUT2D eigenvalue weighted by atomic mass is 9.92. The van der Waals surface area contributed by atoms with Gasteiger partial charge >= 0.3 is 0 Å². The standard InChI is InChI=1S/C15H15ClN4S/c1-2-12-17-18-15-20(12)19-14(21-15)11-8-7-9-5-3-4-6-10(9)13(11)16/h3-6,14,19H,2,7-8H2,1H3. The van der Waals surface area contributed by atoms with Crippen molar-refractivity contribution in [2.75, 3.05) is 5.43 Å². The molecule has 1 aromatic carbocycles. The molecule has 0 fully saturated rings. The van der Waals surface area contributed by atoms with Crippen LogP contribution in [-0.2, 0) is 12.8 Å². The maximum atomic E-state index is 6.66. The summed E-state index contributed by atoms with van der Waals surface area (Å²) in [7, 11) is 0. The van der Waals surface area contributed by atoms with E-state index in [0.717, 1.165) is 35.3 Å². The van der Waals surface area contributed by atoms with Crippen molar-refractivity contribution in [1.29, 1.82) is 0 Å². The molecule has 0 bridgehead atoms. The first-order chi connectivity index (χ1) is 10.3. The SMILES string of the molecule is CCc1nnc2n1NC(C1=C(Cl)c3ccccc3CC1)S2. The van der Waals surface area contributed by atoms with E-state index in [1.807, 2.05) is 10.7 Å². The predicted molar refractivity (Wildman–Crippen MR) is 85.9 cm³/mol. The molecule has 2 aromatic rings. The van der Waals surface area contributed by atoms with Gasteiger partial charge in [-0.2, -0.15) is 0 Å². The first-order valence-corrected chi connectivity index (χ1v) is 8.38. The lowest BCUT2D eigenvalue weighted by molar-refractivity contribution is 0.736. The third kappa shape index (κ3) is 2.07. The highest BCUT2D eigenvalue weighted by atomic mass is 35.5. The summed E-state index contributed by atoms with van der Waals surface area (Å²) in [6.07, 6.45) is 2.89. The Bertz CT molecular complexity index is 737. The Hall–Kier alpha value is -1.46. The van der Waals surface area contributed by atoms with Gasteiger partial charge in [0.05, 0.1) is 5.03 Å². The summed E-state index contributed by atoms with van der Waals surface area (Å²) in [6, 6.07) is 8.39. The van der Waals surface area contributed by atoms with Crippen molar-refractivity contribution in [3.8, 4) is 0 Å². The fraction of sp³-hybridized carbons (Fsp3) is 0.333. The minimum Gasteiger partial charge on any atom is -0.304 e. The summed E-state index contributed by atoms with van der Waals surface area (Å²) in [4.78, 5) is 0. The van der Waals surface area contributed by atoms with Gasteiger partial charge in [0.25, 0.3) is 0 Å². The largest absolute Gasteiger partial charge is 0.304 e. The van der Waals surface area contributed by atoms with Crippen LogP contribution in [0, 0.1) is 0 Å². The molecule has 0 radical (unpaired) electrons. The summed E-state index contributed by atoms with van der Waals surface area (Å²) < 4.78 is 1.99. The minimum atomic E-state index is 0.154. The van der Waals surface area contributed by atoms with Crippen LogP contribution in [0.2, 0.25) is 0 Å². The van der Waals surface area contributed by atoms with Gasteiger partial charge in [-0.3, -0.25) is 0 Å². The van der Waals surface area contributed by atoms with E-state index in [1.54, 1.807) is 11.8 Å². The molecule has 0 saturated heterocycles. The van der Waals surface area contributed by atoms with E-state index in [-0.39, 0.29) is 5.37 Å². The Balaban J connectivity index is 1.68. The van der Waals surface area contributed by atoms with Crippen LogP contribution in [-0.4, -0.2) is 20.2 Å². The highest BCUT2D eigenvalue weighted by Gasteiger charge is 2.31. The monoisotopic (exact) mass is 318 g/mol. The molecular formula is C15H15ClN4S. The van der Waals surface area contributed by atoms with Crippen molar-refractivity contribution < 1.29 is 0 Å². The molecule has 1 aliphatic heterocycles. The molecule has 4 rings (SSSR count). The molecule has 0 amide bonds. The number of halogens is 1. The van der Waals surface area contributed by atoms with Gasteiger partial charge < -0.3 is 5.43 Å². The number of fused-ring (bicyclic) bond motifs is 2. The lowest BCUT2D eigenvalue weighted by Crippen LogP contribution is -2.24. The topological polar surface area (TPSA) is 42.7 Å². The second-order valence-electron chi connectivity index (χ2n) is 5.21. The second kappa shape index (κ2) is 5.07. The first-order valence-electron chi connectivity index (χ1n) is 7.12. The zero-order valence-electron chi connectivity index (χ0n) is 11.6. The minimum absolute atomic E-state index is 0.154. The van der Waals surface area contributed by atoms with Gasteiger partial charge in [0, 0.05) is 6.42 Å². The Morgan fingerprint density at radius 2 is 2.19 bits per heavy atom. The molecule has 0 saturated carbocycles. The molecule has 108 valence electrons. The summed E-state index contributed by atoms with van der Waals surface area (Å²) in [6.45, 7) is 2.08. The fourth-order valence-electron chi connectivity index (χ4n) is 2.88. The molecule has 2 heterocycles. The fourth-order valence-corrected chi connectivity index (χ4v) is 4.43. The first kappa shape index (κ1) is 13.2. The van der Waals surface area contributed by atoms with Gasteiger partial charge in [-0.25, -0.2) is 4.68 Å². The number of hydrogen-bond donors (Lipinski definition) is 1. The molecule has 0 spiro atoms. The molecule has 2 aliphatic rings. The van der Waals surface area contributed by atoms with Crippen molar-refractivity contribution in [3.63, 3.8) is 0 Å². The molecule has 6 heteroatoms. The molecule has 1 unspecified atom stereocenters. The van der Waals surface area contributed by atoms with Crippen LogP contribution in [0.4, 0.5) is 0 Å². The average Bonchev–Trinajstić information content (AvgIpc) is 3.08. The highest BCUT2D eigenvalue weighted by molar-refractivity contribution is 8.00. The Morgan fingerprint density at radius 1 is 1.33 bits per heavy atom. The van der Waals surface area contributed by atoms with Crippen molar-refractivity contribution in [2.45, 2.75) is 36.7 Å². The van der Waals surface area contributed by atoms with Gasteiger partial charge in [-0.05, 0) is 29.5 Å². The molecule has 1 aliphatic carbocycles. The number of aryl methyl sites for hydroxylation is 2. The van der Waals surface area contributed by atoms with Gasteiger partial charge in [-0.1, -0.05) is 54.6 Å². The Morgan fingerprint density at radius 3 is 3.05 bits per heavy atom. The smallest absolute Gasteiger partial charge is 0.212 e. The van der Waals surface area contributed by atoms with E-state index in [2.05, 4.69) is 40.7 Å². The molecular weight excluding hydrogens is 304 g/mol. The van der Waals surface area contributed by atoms with Crippen LogP contribution >= 0.6 is 23.4 Å². The van der Waals surface area contributed by atoms with Crippen LogP contribution in [0.5, 0.6) is 0 Å². The van der Waals surface area contributed by atoms with Crippen LogP contribution in [0.3, 0.4) is 0 Å². The van der Waals surface area contributed by atoms with Gasteiger partial charge in [0.15, 0.2) is 5.82 Å². The molecule has 1 aromatic heterocycles. The number of rotatable bonds is 2. The molecule has 1 N–H and O–H groups in total. The number of aromatic nitrogens is 3. The highest BCUT2D eigenvalue weighted by Crippen LogP contribution is 2.41. The Labute approximate surface area is 132 Å². The third-order valence-electron chi connectivity index (χ3n) is 4.00. The maximum absolute atomic E-state index is 6.66. The zero-order chi connectivity index (χ0) is 14.4. The third-order valence-corrected chi connectivity index (χ3v) is 5.55. The van der Waals surface area contributed by atoms with E-state index in [0.29, 0.717) is 0 Å². The average molecular weight is 319 g/mol. The van der Waals surface area contributed by atoms with Crippen LogP contribution in [0.15, 0.2) is 35.0 Å². The number of benzene rings is 1. The van der Waals surface area contributed by atoms with Gasteiger partial charge in [0.2, 0.25) is 5.16 Å². The van der Waals surface area contributed by atoms with Crippen LogP contribution in [0.25, 0.3) is 5.03 Å². The van der Waals surface area contributed by atoms with E-state index in [1.165, 1.54) is 16.7 Å². The molecule has 21 heavy (non-hydrogen) atoms. The van der Waals surface area contributed by atoms with Crippen molar-refractivity contribution in [3.05, 3.63) is 46.8 Å². The predicted octanol–water partition coefficient (Wildman–Crippen LogP) is 3.41. The summed E-state index contributed by atoms with van der Waals surface area (Å²) in [5.74, 6) is 0.966. The number of hydrogen-bond acceptors (Lipinski definition) is 4. The molecule has 4 nitrogen and oxygen atoms in total. The number of nitrogens with zero attached hydrogens (tertiary/aromatic N) is 3. The number of thioether (sulfide) groups is 1. The summed E-state index contributed by atoms with van der Waals surface area (Å²) in [5.41, 5.74) is 7.24. The van der Waals surface area contributed by atoms with Crippen molar-refractivity contribution >= 4 is 28.4 Å².